The number of hydrogen-bond acceptors (Lipinski definition) is 2. The lowest BCUT2D eigenvalue weighted by Crippen LogP contribution is -2.12. The summed E-state index contributed by atoms with van der Waals surface area (Å²) in [5.74, 6) is 0. The van der Waals surface area contributed by atoms with Crippen molar-refractivity contribution in [1.82, 2.24) is 0 Å². The molecule has 0 radical (unpaired) electrons. The predicted molar refractivity (Wildman–Crippen MR) is 69.5 cm³/mol. The van der Waals surface area contributed by atoms with E-state index in [0.29, 0.717) is 9.79 Å². The van der Waals surface area contributed by atoms with Crippen LogP contribution in [0.25, 0.3) is 0 Å². The van der Waals surface area contributed by atoms with Gasteiger partial charge in [-0.3, -0.25) is 8.42 Å². The summed E-state index contributed by atoms with van der Waals surface area (Å²) in [6.07, 6.45) is 0. The van der Waals surface area contributed by atoms with E-state index in [-0.39, 0.29) is 10.5 Å². The van der Waals surface area contributed by atoms with Gasteiger partial charge in [0.05, 0.1) is 31.4 Å². The molecule has 0 N–H and O–H groups in total. The Morgan fingerprint density at radius 1 is 0.812 bits per heavy atom. The Labute approximate surface area is 102 Å². The first-order chi connectivity index (χ1) is 7.45. The Balaban J connectivity index is 3.20. The monoisotopic (exact) mass is 258 g/mol. The molecule has 0 heterocycles. The fourth-order valence-electron chi connectivity index (χ4n) is 1.29. The Morgan fingerprint density at radius 2 is 1.12 bits per heavy atom. The van der Waals surface area contributed by atoms with Gasteiger partial charge in [0.1, 0.15) is 0 Å². The van der Waals surface area contributed by atoms with Gasteiger partial charge < -0.3 is 0 Å². The van der Waals surface area contributed by atoms with E-state index in [0.717, 1.165) is 0 Å². The lowest BCUT2D eigenvalue weighted by Gasteiger charge is -2.12. The van der Waals surface area contributed by atoms with Crippen LogP contribution in [-0.2, 0) is 21.6 Å². The largest absolute Gasteiger partial charge is 0.254 e. The summed E-state index contributed by atoms with van der Waals surface area (Å²) < 4.78 is 24.1. The first kappa shape index (κ1) is 13.6. The minimum atomic E-state index is -1.08. The van der Waals surface area contributed by atoms with Crippen LogP contribution in [0.3, 0.4) is 0 Å². The molecule has 2 unspecified atom stereocenters. The van der Waals surface area contributed by atoms with Crippen LogP contribution >= 0.6 is 0 Å². The third-order valence-electron chi connectivity index (χ3n) is 2.14. The maximum atomic E-state index is 12.1. The highest BCUT2D eigenvalue weighted by Crippen LogP contribution is 2.22. The smallest absolute Gasteiger partial charge is 0.0567 e. The molecular weight excluding hydrogens is 240 g/mol. The number of benzene rings is 1. The molecule has 1 rings (SSSR count). The van der Waals surface area contributed by atoms with Crippen molar-refractivity contribution in [3.05, 3.63) is 24.3 Å². The molecule has 0 saturated carbocycles. The topological polar surface area (TPSA) is 34.1 Å². The van der Waals surface area contributed by atoms with Crippen molar-refractivity contribution >= 4 is 21.6 Å². The van der Waals surface area contributed by atoms with Crippen molar-refractivity contribution < 1.29 is 8.42 Å². The van der Waals surface area contributed by atoms with E-state index in [1.54, 1.807) is 0 Å². The SMILES string of the molecule is CC(C)S(=O)c1ccccc1S(=O)C(C)C. The van der Waals surface area contributed by atoms with Gasteiger partial charge in [0.15, 0.2) is 0 Å². The van der Waals surface area contributed by atoms with E-state index < -0.39 is 21.6 Å². The maximum Gasteiger partial charge on any atom is 0.0567 e. The van der Waals surface area contributed by atoms with Crippen molar-refractivity contribution in [2.24, 2.45) is 0 Å². The fraction of sp³-hybridized carbons (Fsp3) is 0.500. The first-order valence-corrected chi connectivity index (χ1v) is 7.78. The highest BCUT2D eigenvalue weighted by molar-refractivity contribution is 7.88. The molecule has 1 aromatic rings. The molecular formula is C12H18O2S2. The average Bonchev–Trinajstić information content (AvgIpc) is 2.26. The molecule has 0 aliphatic rings. The molecule has 2 nitrogen and oxygen atoms in total. The Morgan fingerprint density at radius 3 is 1.38 bits per heavy atom. The van der Waals surface area contributed by atoms with Gasteiger partial charge in [-0.2, -0.15) is 0 Å². The molecule has 0 aliphatic carbocycles. The zero-order valence-corrected chi connectivity index (χ0v) is 11.7. The van der Waals surface area contributed by atoms with Gasteiger partial charge in [-0.05, 0) is 12.1 Å². The van der Waals surface area contributed by atoms with E-state index in [1.165, 1.54) is 0 Å². The molecule has 0 spiro atoms. The van der Waals surface area contributed by atoms with Gasteiger partial charge >= 0.3 is 0 Å². The van der Waals surface area contributed by atoms with Gasteiger partial charge in [0.25, 0.3) is 0 Å². The van der Waals surface area contributed by atoms with Crippen LogP contribution in [-0.4, -0.2) is 18.9 Å². The van der Waals surface area contributed by atoms with Crippen LogP contribution in [0, 0.1) is 0 Å². The van der Waals surface area contributed by atoms with Crippen molar-refractivity contribution in [1.29, 1.82) is 0 Å². The first-order valence-electron chi connectivity index (χ1n) is 5.35. The Kier molecular flexibility index (Phi) is 4.87. The molecule has 4 heteroatoms. The fourth-order valence-corrected chi connectivity index (χ4v) is 3.76. The molecule has 0 amide bonds. The van der Waals surface area contributed by atoms with E-state index in [4.69, 9.17) is 0 Å². The molecule has 16 heavy (non-hydrogen) atoms. The number of hydrogen-bond donors (Lipinski definition) is 0. The third-order valence-corrected chi connectivity index (χ3v) is 5.56. The second-order valence-electron chi connectivity index (χ2n) is 4.14. The molecule has 1 aromatic carbocycles. The zero-order chi connectivity index (χ0) is 12.3. The normalized spacial score (nSPS) is 15.4. The minimum Gasteiger partial charge on any atom is -0.254 e. The lowest BCUT2D eigenvalue weighted by molar-refractivity contribution is 0.667. The summed E-state index contributed by atoms with van der Waals surface area (Å²) >= 11 is 0. The van der Waals surface area contributed by atoms with Gasteiger partial charge in [-0.15, -0.1) is 0 Å². The second-order valence-corrected chi connectivity index (χ2v) is 8.09. The van der Waals surface area contributed by atoms with E-state index >= 15 is 0 Å². The van der Waals surface area contributed by atoms with Crippen molar-refractivity contribution in [3.8, 4) is 0 Å². The van der Waals surface area contributed by atoms with Crippen molar-refractivity contribution in [2.45, 2.75) is 48.0 Å². The summed E-state index contributed by atoms with van der Waals surface area (Å²) in [6, 6.07) is 7.31. The second kappa shape index (κ2) is 5.73. The van der Waals surface area contributed by atoms with Gasteiger partial charge in [0.2, 0.25) is 0 Å². The molecule has 0 bridgehead atoms. The van der Waals surface area contributed by atoms with Crippen molar-refractivity contribution in [2.75, 3.05) is 0 Å². The lowest BCUT2D eigenvalue weighted by atomic mass is 10.4. The molecule has 2 atom stereocenters. The van der Waals surface area contributed by atoms with Crippen LogP contribution in [0.5, 0.6) is 0 Å². The number of rotatable bonds is 4. The van der Waals surface area contributed by atoms with E-state index in [1.807, 2.05) is 52.0 Å². The van der Waals surface area contributed by atoms with Crippen molar-refractivity contribution in [3.63, 3.8) is 0 Å². The van der Waals surface area contributed by atoms with Gasteiger partial charge in [-0.1, -0.05) is 39.8 Å². The predicted octanol–water partition coefficient (Wildman–Crippen LogP) is 2.72. The van der Waals surface area contributed by atoms with E-state index in [9.17, 15) is 8.42 Å². The molecule has 90 valence electrons. The Bertz CT molecular complexity index is 372. The average molecular weight is 258 g/mol. The minimum absolute atomic E-state index is 0.0466. The highest BCUT2D eigenvalue weighted by atomic mass is 32.2. The summed E-state index contributed by atoms with van der Waals surface area (Å²) in [5.41, 5.74) is 0. The summed E-state index contributed by atoms with van der Waals surface area (Å²) in [4.78, 5) is 1.43. The molecule has 0 fully saturated rings. The maximum absolute atomic E-state index is 12.1. The zero-order valence-electron chi connectivity index (χ0n) is 10.1. The van der Waals surface area contributed by atoms with Gasteiger partial charge in [0, 0.05) is 10.5 Å². The summed E-state index contributed by atoms with van der Waals surface area (Å²) in [5, 5.41) is 0.0932. The molecule has 0 aliphatic heterocycles. The van der Waals surface area contributed by atoms with E-state index in [2.05, 4.69) is 0 Å². The third kappa shape index (κ3) is 3.01. The summed E-state index contributed by atoms with van der Waals surface area (Å²) in [7, 11) is -2.15. The van der Waals surface area contributed by atoms with Crippen LogP contribution in [0.4, 0.5) is 0 Å². The van der Waals surface area contributed by atoms with Crippen LogP contribution in [0.1, 0.15) is 27.7 Å². The highest BCUT2D eigenvalue weighted by Gasteiger charge is 2.18. The van der Waals surface area contributed by atoms with Crippen LogP contribution < -0.4 is 0 Å². The quantitative estimate of drug-likeness (QED) is 0.832. The summed E-state index contributed by atoms with van der Waals surface area (Å²) in [6.45, 7) is 7.63. The van der Waals surface area contributed by atoms with Crippen LogP contribution in [0.2, 0.25) is 0 Å². The standard InChI is InChI=1S/C12H18O2S2/c1-9(2)15(13)11-7-5-6-8-12(11)16(14)10(3)4/h5-10H,1-4H3. The molecule has 0 saturated heterocycles. The Hall–Kier alpha value is -0.480. The van der Waals surface area contributed by atoms with Gasteiger partial charge in [-0.25, -0.2) is 0 Å². The molecule has 0 aromatic heterocycles. The van der Waals surface area contributed by atoms with Crippen LogP contribution in [0.15, 0.2) is 34.1 Å².